The Bertz CT molecular complexity index is 268. The van der Waals surface area contributed by atoms with Crippen LogP contribution in [0.3, 0.4) is 0 Å². The maximum absolute atomic E-state index is 11.6. The topological polar surface area (TPSA) is 78.4 Å². The smallest absolute Gasteiger partial charge is 0.221 e. The number of rotatable bonds is 5. The fourth-order valence-electron chi connectivity index (χ4n) is 2.24. The number of aliphatic hydroxyl groups excluding tert-OH is 1. The summed E-state index contributed by atoms with van der Waals surface area (Å²) >= 11 is 0. The number of hydrogen-bond donors (Lipinski definition) is 3. The predicted molar refractivity (Wildman–Crippen MR) is 64.3 cm³/mol. The van der Waals surface area contributed by atoms with Gasteiger partial charge in [0.15, 0.2) is 0 Å². The van der Waals surface area contributed by atoms with Gasteiger partial charge in [0.1, 0.15) is 0 Å². The first kappa shape index (κ1) is 14.0. The molecule has 3 N–H and O–H groups in total. The van der Waals surface area contributed by atoms with E-state index in [-0.39, 0.29) is 24.5 Å². The molecule has 0 aromatic carbocycles. The Balaban J connectivity index is 2.19. The molecule has 98 valence electrons. The van der Waals surface area contributed by atoms with Gasteiger partial charge < -0.3 is 15.7 Å². The summed E-state index contributed by atoms with van der Waals surface area (Å²) in [7, 11) is 0. The molecule has 0 saturated heterocycles. The molecule has 0 spiro atoms. The van der Waals surface area contributed by atoms with Crippen LogP contribution >= 0.6 is 0 Å². The Morgan fingerprint density at radius 2 is 2.12 bits per heavy atom. The normalized spacial score (nSPS) is 24.1. The van der Waals surface area contributed by atoms with Crippen LogP contribution in [0.4, 0.5) is 0 Å². The van der Waals surface area contributed by atoms with Crippen molar-refractivity contribution in [1.82, 2.24) is 10.6 Å². The minimum Gasteiger partial charge on any atom is -0.396 e. The van der Waals surface area contributed by atoms with Crippen molar-refractivity contribution in [3.63, 3.8) is 0 Å². The molecule has 1 aliphatic rings. The molecular formula is C12H22N2O3. The van der Waals surface area contributed by atoms with Crippen LogP contribution in [-0.4, -0.2) is 36.1 Å². The van der Waals surface area contributed by atoms with Gasteiger partial charge in [-0.25, -0.2) is 0 Å². The van der Waals surface area contributed by atoms with E-state index in [1.165, 1.54) is 6.92 Å². The summed E-state index contributed by atoms with van der Waals surface area (Å²) in [4.78, 5) is 22.2. The highest BCUT2D eigenvalue weighted by atomic mass is 16.3. The van der Waals surface area contributed by atoms with Crippen molar-refractivity contribution in [3.8, 4) is 0 Å². The fourth-order valence-corrected chi connectivity index (χ4v) is 2.24. The van der Waals surface area contributed by atoms with Crippen LogP contribution in [0, 0.1) is 5.92 Å². The maximum Gasteiger partial charge on any atom is 0.221 e. The molecule has 0 heterocycles. The third-order valence-electron chi connectivity index (χ3n) is 3.13. The van der Waals surface area contributed by atoms with Gasteiger partial charge in [0.05, 0.1) is 0 Å². The first-order valence-electron chi connectivity index (χ1n) is 6.26. The van der Waals surface area contributed by atoms with Crippen molar-refractivity contribution < 1.29 is 14.7 Å². The summed E-state index contributed by atoms with van der Waals surface area (Å²) in [5, 5.41) is 14.6. The first-order chi connectivity index (χ1) is 8.11. The van der Waals surface area contributed by atoms with E-state index >= 15 is 0 Å². The van der Waals surface area contributed by atoms with Crippen molar-refractivity contribution >= 4 is 11.8 Å². The van der Waals surface area contributed by atoms with E-state index in [9.17, 15) is 9.59 Å². The monoisotopic (exact) mass is 242 g/mol. The summed E-state index contributed by atoms with van der Waals surface area (Å²) in [5.74, 6) is 0.183. The summed E-state index contributed by atoms with van der Waals surface area (Å²) in [6, 6.07) is 0.186. The summed E-state index contributed by atoms with van der Waals surface area (Å²) in [6.07, 6.45) is 4.28. The highest BCUT2D eigenvalue weighted by Gasteiger charge is 2.22. The second-order valence-electron chi connectivity index (χ2n) is 4.71. The molecule has 2 unspecified atom stereocenters. The molecule has 1 rings (SSSR count). The van der Waals surface area contributed by atoms with Crippen molar-refractivity contribution in [2.75, 3.05) is 13.2 Å². The lowest BCUT2D eigenvalue weighted by Gasteiger charge is -2.28. The van der Waals surface area contributed by atoms with Crippen molar-refractivity contribution in [3.05, 3.63) is 0 Å². The minimum atomic E-state index is -0.115. The largest absolute Gasteiger partial charge is 0.396 e. The van der Waals surface area contributed by atoms with E-state index in [2.05, 4.69) is 10.6 Å². The Morgan fingerprint density at radius 3 is 2.76 bits per heavy atom. The molecule has 0 aromatic heterocycles. The highest BCUT2D eigenvalue weighted by molar-refractivity contribution is 5.78. The van der Waals surface area contributed by atoms with Gasteiger partial charge in [-0.1, -0.05) is 6.42 Å². The molecule has 17 heavy (non-hydrogen) atoms. The van der Waals surface area contributed by atoms with Crippen molar-refractivity contribution in [1.29, 1.82) is 0 Å². The van der Waals surface area contributed by atoms with Gasteiger partial charge in [-0.2, -0.15) is 0 Å². The number of carbonyl (C=O) groups is 2. The molecule has 0 aliphatic heterocycles. The molecule has 0 aromatic rings. The summed E-state index contributed by atoms with van der Waals surface area (Å²) in [6.45, 7) is 2.03. The molecule has 1 aliphatic carbocycles. The van der Waals surface area contributed by atoms with E-state index in [4.69, 9.17) is 5.11 Å². The minimum absolute atomic E-state index is 0.0256. The quantitative estimate of drug-likeness (QED) is 0.643. The molecule has 2 amide bonds. The zero-order chi connectivity index (χ0) is 12.7. The van der Waals surface area contributed by atoms with E-state index in [0.29, 0.717) is 18.9 Å². The van der Waals surface area contributed by atoms with Gasteiger partial charge in [0.25, 0.3) is 0 Å². The Labute approximate surface area is 102 Å². The highest BCUT2D eigenvalue weighted by Crippen LogP contribution is 2.23. The number of nitrogens with one attached hydrogen (secondary N) is 2. The van der Waals surface area contributed by atoms with E-state index in [0.717, 1.165) is 25.7 Å². The SMILES string of the molecule is CC(=O)NCCC(=O)NC1CCCC(CO)C1. The first-order valence-corrected chi connectivity index (χ1v) is 6.26. The lowest BCUT2D eigenvalue weighted by Crippen LogP contribution is -2.40. The average molecular weight is 242 g/mol. The van der Waals surface area contributed by atoms with Crippen LogP contribution in [0.15, 0.2) is 0 Å². The van der Waals surface area contributed by atoms with Crippen LogP contribution < -0.4 is 10.6 Å². The Kier molecular flexibility index (Phi) is 5.97. The van der Waals surface area contributed by atoms with Gasteiger partial charge in [-0.15, -0.1) is 0 Å². The molecule has 1 saturated carbocycles. The Hall–Kier alpha value is -1.10. The number of carbonyl (C=O) groups excluding carboxylic acids is 2. The molecule has 0 radical (unpaired) electrons. The molecule has 5 nitrogen and oxygen atoms in total. The van der Waals surface area contributed by atoms with Gasteiger partial charge in [0.2, 0.25) is 11.8 Å². The van der Waals surface area contributed by atoms with Crippen LogP contribution in [0.2, 0.25) is 0 Å². The van der Waals surface area contributed by atoms with Gasteiger partial charge in [-0.3, -0.25) is 9.59 Å². The van der Waals surface area contributed by atoms with E-state index in [1.54, 1.807) is 0 Å². The van der Waals surface area contributed by atoms with Crippen LogP contribution in [0.1, 0.15) is 39.0 Å². The average Bonchev–Trinajstić information content (AvgIpc) is 2.28. The lowest BCUT2D eigenvalue weighted by atomic mass is 9.86. The zero-order valence-corrected chi connectivity index (χ0v) is 10.4. The summed E-state index contributed by atoms with van der Waals surface area (Å²) < 4.78 is 0. The number of aliphatic hydroxyl groups is 1. The fraction of sp³-hybridized carbons (Fsp3) is 0.833. The third-order valence-corrected chi connectivity index (χ3v) is 3.13. The number of amides is 2. The standard InChI is InChI=1S/C12H22N2O3/c1-9(16)13-6-5-12(17)14-11-4-2-3-10(7-11)8-15/h10-11,15H,2-8H2,1H3,(H,13,16)(H,14,17). The Morgan fingerprint density at radius 1 is 1.35 bits per heavy atom. The lowest BCUT2D eigenvalue weighted by molar-refractivity contribution is -0.122. The van der Waals surface area contributed by atoms with Crippen molar-refractivity contribution in [2.45, 2.75) is 45.1 Å². The van der Waals surface area contributed by atoms with E-state index in [1.807, 2.05) is 0 Å². The maximum atomic E-state index is 11.6. The van der Waals surface area contributed by atoms with Crippen LogP contribution in [-0.2, 0) is 9.59 Å². The third kappa shape index (κ3) is 5.68. The van der Waals surface area contributed by atoms with E-state index < -0.39 is 0 Å². The molecular weight excluding hydrogens is 220 g/mol. The summed E-state index contributed by atoms with van der Waals surface area (Å²) in [5.41, 5.74) is 0. The molecule has 5 heteroatoms. The zero-order valence-electron chi connectivity index (χ0n) is 10.4. The molecule has 1 fully saturated rings. The second kappa shape index (κ2) is 7.27. The predicted octanol–water partition coefficient (Wildman–Crippen LogP) is 0.180. The molecule has 2 atom stereocenters. The van der Waals surface area contributed by atoms with Gasteiger partial charge >= 0.3 is 0 Å². The number of hydrogen-bond acceptors (Lipinski definition) is 3. The van der Waals surface area contributed by atoms with Gasteiger partial charge in [-0.05, 0) is 25.2 Å². The second-order valence-corrected chi connectivity index (χ2v) is 4.71. The molecule has 0 bridgehead atoms. The van der Waals surface area contributed by atoms with Gasteiger partial charge in [0, 0.05) is 32.5 Å². The van der Waals surface area contributed by atoms with Crippen LogP contribution in [0.25, 0.3) is 0 Å². The van der Waals surface area contributed by atoms with Crippen LogP contribution in [0.5, 0.6) is 0 Å². The van der Waals surface area contributed by atoms with Crippen molar-refractivity contribution in [2.24, 2.45) is 5.92 Å².